The zero-order valence-corrected chi connectivity index (χ0v) is 36.4. The van der Waals surface area contributed by atoms with Crippen LogP contribution in [-0.2, 0) is 9.59 Å². The summed E-state index contributed by atoms with van der Waals surface area (Å²) in [7, 11) is 0. The number of hydrogen-bond acceptors (Lipinski definition) is 4. The summed E-state index contributed by atoms with van der Waals surface area (Å²) in [6, 6.07) is 39.5. The van der Waals surface area contributed by atoms with Gasteiger partial charge in [0.15, 0.2) is 0 Å². The van der Waals surface area contributed by atoms with Crippen molar-refractivity contribution < 1.29 is 19.1 Å². The van der Waals surface area contributed by atoms with Gasteiger partial charge in [-0.05, 0) is 167 Å². The third-order valence-corrected chi connectivity index (χ3v) is 14.4. The largest absolute Gasteiger partial charge is 0.426 e. The molecule has 1 aliphatic heterocycles. The minimum Gasteiger partial charge on any atom is -0.426 e. The Kier molecular flexibility index (Phi) is 12.7. The van der Waals surface area contributed by atoms with E-state index in [-0.39, 0.29) is 11.9 Å². The molecule has 9 rings (SSSR count). The van der Waals surface area contributed by atoms with Crippen LogP contribution < -0.4 is 9.47 Å². The molecule has 314 valence electrons. The molecule has 6 aromatic carbocycles. The highest BCUT2D eigenvalue weighted by molar-refractivity contribution is 6.11. The molecular weight excluding hydrogens is 749 g/mol. The molecule has 0 bridgehead atoms. The Morgan fingerprint density at radius 3 is 1.23 bits per heavy atom. The number of ether oxygens (including phenoxy) is 2. The fourth-order valence-electron chi connectivity index (χ4n) is 11.0. The first-order chi connectivity index (χ1) is 29.9. The van der Waals surface area contributed by atoms with Crippen molar-refractivity contribution in [1.29, 1.82) is 0 Å². The van der Waals surface area contributed by atoms with E-state index in [4.69, 9.17) is 9.47 Å². The predicted molar refractivity (Wildman–Crippen MR) is 251 cm³/mol. The Hall–Kier alpha value is -5.22. The van der Waals surface area contributed by atoms with Gasteiger partial charge in [0, 0.05) is 24.0 Å². The Bertz CT molecular complexity index is 2300. The van der Waals surface area contributed by atoms with Crippen molar-refractivity contribution in [2.24, 2.45) is 11.8 Å². The molecule has 0 aromatic heterocycles. The van der Waals surface area contributed by atoms with Gasteiger partial charge in [0.1, 0.15) is 11.5 Å². The van der Waals surface area contributed by atoms with Crippen molar-refractivity contribution in [1.82, 2.24) is 0 Å². The Morgan fingerprint density at radius 2 is 0.836 bits per heavy atom. The van der Waals surface area contributed by atoms with Crippen LogP contribution in [0.1, 0.15) is 146 Å². The van der Waals surface area contributed by atoms with Gasteiger partial charge in [0.25, 0.3) is 0 Å². The topological polar surface area (TPSA) is 52.6 Å². The van der Waals surface area contributed by atoms with Gasteiger partial charge in [0.2, 0.25) is 0 Å². The number of carbonyl (C=O) groups excluding carboxylic acids is 2. The Labute approximate surface area is 363 Å². The Morgan fingerprint density at radius 1 is 0.443 bits per heavy atom. The second-order valence-electron chi connectivity index (χ2n) is 18.5. The molecule has 0 amide bonds. The quantitative estimate of drug-likeness (QED) is 0.113. The molecule has 2 saturated carbocycles. The maximum atomic E-state index is 13.4. The van der Waals surface area contributed by atoms with Crippen LogP contribution in [0.2, 0.25) is 0 Å². The summed E-state index contributed by atoms with van der Waals surface area (Å²) >= 11 is 0. The van der Waals surface area contributed by atoms with E-state index in [1.165, 1.54) is 99.3 Å². The van der Waals surface area contributed by atoms with Crippen LogP contribution >= 0.6 is 0 Å². The van der Waals surface area contributed by atoms with Crippen LogP contribution in [0.4, 0.5) is 0 Å². The third kappa shape index (κ3) is 9.20. The van der Waals surface area contributed by atoms with E-state index in [1.54, 1.807) is 0 Å². The molecular formula is C57H62O4. The molecule has 0 N–H and O–H groups in total. The van der Waals surface area contributed by atoms with Crippen LogP contribution in [0.3, 0.4) is 0 Å². The summed E-state index contributed by atoms with van der Waals surface area (Å²) in [6.07, 6.45) is 18.5. The first-order valence-corrected chi connectivity index (χ1v) is 23.7. The van der Waals surface area contributed by atoms with Gasteiger partial charge < -0.3 is 9.47 Å². The van der Waals surface area contributed by atoms with E-state index in [0.717, 1.165) is 62.1 Å². The number of fused-ring (bicyclic) bond motifs is 7. The molecule has 2 fully saturated rings. The van der Waals surface area contributed by atoms with E-state index >= 15 is 0 Å². The number of esters is 2. The Balaban J connectivity index is 1.08. The molecule has 0 atom stereocenters. The number of carbonyl (C=O) groups is 2. The number of hydrogen-bond donors (Lipinski definition) is 0. The minimum atomic E-state index is -0.260. The van der Waals surface area contributed by atoms with Crippen molar-refractivity contribution >= 4 is 33.5 Å². The van der Waals surface area contributed by atoms with Gasteiger partial charge in [-0.2, -0.15) is 0 Å². The van der Waals surface area contributed by atoms with E-state index in [2.05, 4.69) is 111 Å². The van der Waals surface area contributed by atoms with Crippen molar-refractivity contribution in [3.8, 4) is 44.9 Å². The van der Waals surface area contributed by atoms with E-state index in [0.29, 0.717) is 49.0 Å². The number of benzene rings is 6. The average molecular weight is 811 g/mol. The predicted octanol–water partition coefficient (Wildman–Crippen LogP) is 15.9. The lowest BCUT2D eigenvalue weighted by molar-refractivity contribution is -0.135. The zero-order valence-electron chi connectivity index (χ0n) is 36.4. The maximum Gasteiger partial charge on any atom is 0.311 e. The lowest BCUT2D eigenvalue weighted by atomic mass is 9.77. The van der Waals surface area contributed by atoms with Crippen molar-refractivity contribution in [3.63, 3.8) is 0 Å². The lowest BCUT2D eigenvalue weighted by Crippen LogP contribution is -2.13. The molecule has 6 aromatic rings. The molecule has 0 radical (unpaired) electrons. The van der Waals surface area contributed by atoms with Gasteiger partial charge in [-0.3, -0.25) is 9.59 Å². The molecule has 61 heavy (non-hydrogen) atoms. The molecule has 1 heterocycles. The monoisotopic (exact) mass is 810 g/mol. The maximum absolute atomic E-state index is 13.4. The molecule has 0 saturated heterocycles. The third-order valence-electron chi connectivity index (χ3n) is 14.4. The SMILES string of the molecule is CCC[C@H]1CC[C@H](c2ccc(-c3ccc4c5c(ccc4c3)OC(=O)CCCCCC(=O)Oc3ccc4cc(-c6ccc([C@H]7CC[C@H](CCC)CC7)cc6)ccc4c3-5)cc2)CC1. The van der Waals surface area contributed by atoms with Crippen LogP contribution in [0, 0.1) is 11.8 Å². The smallest absolute Gasteiger partial charge is 0.311 e. The first kappa shape index (κ1) is 41.1. The summed E-state index contributed by atoms with van der Waals surface area (Å²) < 4.78 is 12.5. The normalized spacial score (nSPS) is 21.3. The minimum absolute atomic E-state index is 0.260. The van der Waals surface area contributed by atoms with Crippen LogP contribution in [0.15, 0.2) is 109 Å². The molecule has 4 heteroatoms. The van der Waals surface area contributed by atoms with E-state index in [1.807, 2.05) is 12.1 Å². The van der Waals surface area contributed by atoms with Gasteiger partial charge in [-0.15, -0.1) is 0 Å². The highest BCUT2D eigenvalue weighted by atomic mass is 16.5. The van der Waals surface area contributed by atoms with Crippen LogP contribution in [0.25, 0.3) is 54.9 Å². The standard InChI is InChI=1S/C57H62O4/c1-3-8-38-12-16-40(17-13-38)42-20-24-44(25-21-42)46-28-32-50-48(36-46)30-34-52-56(50)57-51-33-29-47(45-26-22-43(23-27-45)41-18-14-39(9-4-2)15-19-41)37-49(51)31-35-53(57)61-55(59)11-7-5-6-10-54(58)60-52/h20-41H,3-19H2,1-2H3/t38-,39-,40-,41-. The lowest BCUT2D eigenvalue weighted by Gasteiger charge is -2.28. The van der Waals surface area contributed by atoms with Crippen LogP contribution in [0.5, 0.6) is 11.5 Å². The van der Waals surface area contributed by atoms with Gasteiger partial charge in [-0.25, -0.2) is 0 Å². The zero-order chi connectivity index (χ0) is 41.7. The number of rotatable bonds is 8. The van der Waals surface area contributed by atoms with Gasteiger partial charge in [-0.1, -0.05) is 131 Å². The van der Waals surface area contributed by atoms with Crippen molar-refractivity contribution in [2.75, 3.05) is 0 Å². The van der Waals surface area contributed by atoms with Crippen molar-refractivity contribution in [3.05, 3.63) is 120 Å². The second-order valence-corrected chi connectivity index (χ2v) is 18.5. The molecule has 4 nitrogen and oxygen atoms in total. The van der Waals surface area contributed by atoms with Gasteiger partial charge in [0.05, 0.1) is 0 Å². The molecule has 3 aliphatic rings. The molecule has 2 aliphatic carbocycles. The van der Waals surface area contributed by atoms with Crippen LogP contribution in [-0.4, -0.2) is 11.9 Å². The highest BCUT2D eigenvalue weighted by Gasteiger charge is 2.25. The summed E-state index contributed by atoms with van der Waals surface area (Å²) in [5.41, 5.74) is 9.08. The van der Waals surface area contributed by atoms with E-state index in [9.17, 15) is 9.59 Å². The van der Waals surface area contributed by atoms with Crippen molar-refractivity contribution in [2.45, 2.75) is 135 Å². The molecule has 0 unspecified atom stereocenters. The first-order valence-electron chi connectivity index (χ1n) is 23.7. The summed E-state index contributed by atoms with van der Waals surface area (Å²) in [4.78, 5) is 26.8. The van der Waals surface area contributed by atoms with E-state index < -0.39 is 0 Å². The highest BCUT2D eigenvalue weighted by Crippen LogP contribution is 2.48. The molecule has 0 spiro atoms. The summed E-state index contributed by atoms with van der Waals surface area (Å²) in [5, 5.41) is 3.94. The fraction of sp³-hybridized carbons (Fsp3) is 0.404. The second kappa shape index (κ2) is 18.8. The van der Waals surface area contributed by atoms with Gasteiger partial charge >= 0.3 is 11.9 Å². The average Bonchev–Trinajstić information content (AvgIpc) is 3.30. The fourth-order valence-corrected chi connectivity index (χ4v) is 11.0. The summed E-state index contributed by atoms with van der Waals surface area (Å²) in [6.45, 7) is 4.61. The summed E-state index contributed by atoms with van der Waals surface area (Å²) in [5.74, 6) is 3.54.